The van der Waals surface area contributed by atoms with Crippen molar-refractivity contribution in [3.8, 4) is 0 Å². The van der Waals surface area contributed by atoms with Crippen LogP contribution < -0.4 is 0 Å². The lowest BCUT2D eigenvalue weighted by Crippen LogP contribution is -1.87. The van der Waals surface area contributed by atoms with Crippen molar-refractivity contribution in [2.75, 3.05) is 0 Å². The molecule has 0 aliphatic rings. The van der Waals surface area contributed by atoms with Gasteiger partial charge in [0.1, 0.15) is 5.69 Å². The molecule has 0 aliphatic heterocycles. The van der Waals surface area contributed by atoms with Crippen molar-refractivity contribution in [3.05, 3.63) is 45.8 Å². The van der Waals surface area contributed by atoms with E-state index in [1.54, 1.807) is 26.0 Å². The highest BCUT2D eigenvalue weighted by Crippen LogP contribution is 2.30. The summed E-state index contributed by atoms with van der Waals surface area (Å²) in [7, 11) is 0. The van der Waals surface area contributed by atoms with E-state index in [-0.39, 0.29) is 11.4 Å². The minimum Gasteiger partial charge on any atom is -0.359 e. The molecule has 0 saturated carbocycles. The topological polar surface area (TPSA) is 93.9 Å². The fourth-order valence-electron chi connectivity index (χ4n) is 1.43. The van der Waals surface area contributed by atoms with Crippen LogP contribution in [0.3, 0.4) is 0 Å². The number of nitro groups is 1. The molecule has 0 amide bonds. The number of benzene rings is 1. The van der Waals surface area contributed by atoms with Crippen LogP contribution in [0.15, 0.2) is 39.0 Å². The molecule has 0 bridgehead atoms. The van der Waals surface area contributed by atoms with E-state index in [4.69, 9.17) is 4.52 Å². The van der Waals surface area contributed by atoms with Gasteiger partial charge in [-0.05, 0) is 19.9 Å². The number of nitrogens with zero attached hydrogens (tertiary/aromatic N) is 4. The maximum Gasteiger partial charge on any atom is 0.296 e. The highest BCUT2D eigenvalue weighted by atomic mass is 16.6. The van der Waals surface area contributed by atoms with E-state index < -0.39 is 4.92 Å². The molecule has 0 unspecified atom stereocenters. The number of aromatic nitrogens is 1. The predicted molar refractivity (Wildman–Crippen MR) is 63.2 cm³/mol. The number of azo groups is 1. The van der Waals surface area contributed by atoms with Crippen LogP contribution in [0.1, 0.15) is 11.5 Å². The Hall–Kier alpha value is -2.57. The zero-order chi connectivity index (χ0) is 13.1. The van der Waals surface area contributed by atoms with E-state index in [9.17, 15) is 10.1 Å². The Morgan fingerprint density at radius 1 is 1.28 bits per heavy atom. The van der Waals surface area contributed by atoms with Crippen LogP contribution in [0.2, 0.25) is 0 Å². The number of hydrogen-bond donors (Lipinski definition) is 0. The van der Waals surface area contributed by atoms with E-state index in [2.05, 4.69) is 15.4 Å². The number of hydrogen-bond acceptors (Lipinski definition) is 6. The van der Waals surface area contributed by atoms with Crippen LogP contribution in [-0.4, -0.2) is 10.1 Å². The second kappa shape index (κ2) is 4.74. The normalized spacial score (nSPS) is 11.0. The minimum absolute atomic E-state index is 0.0898. The first kappa shape index (κ1) is 11.9. The smallest absolute Gasteiger partial charge is 0.296 e. The molecular weight excluding hydrogens is 236 g/mol. The highest BCUT2D eigenvalue weighted by molar-refractivity contribution is 5.57. The molecule has 1 heterocycles. The van der Waals surface area contributed by atoms with Gasteiger partial charge in [0, 0.05) is 6.07 Å². The molecule has 0 fully saturated rings. The minimum atomic E-state index is -0.498. The van der Waals surface area contributed by atoms with Crippen LogP contribution in [0.4, 0.5) is 17.1 Å². The Morgan fingerprint density at radius 3 is 2.61 bits per heavy atom. The summed E-state index contributed by atoms with van der Waals surface area (Å²) in [5, 5.41) is 22.3. The summed E-state index contributed by atoms with van der Waals surface area (Å²) in [6.45, 7) is 3.43. The van der Waals surface area contributed by atoms with Crippen LogP contribution in [0, 0.1) is 24.0 Å². The van der Waals surface area contributed by atoms with Crippen molar-refractivity contribution in [2.45, 2.75) is 13.8 Å². The van der Waals surface area contributed by atoms with Gasteiger partial charge in [0.15, 0.2) is 17.1 Å². The molecule has 1 aromatic heterocycles. The van der Waals surface area contributed by atoms with E-state index in [1.165, 1.54) is 12.1 Å². The predicted octanol–water partition coefficient (Wildman–Crippen LogP) is 3.62. The van der Waals surface area contributed by atoms with Gasteiger partial charge in [-0.25, -0.2) is 0 Å². The lowest BCUT2D eigenvalue weighted by atomic mass is 10.3. The second-order valence-electron chi connectivity index (χ2n) is 3.62. The molecule has 7 heteroatoms. The van der Waals surface area contributed by atoms with Gasteiger partial charge >= 0.3 is 0 Å². The van der Waals surface area contributed by atoms with Crippen molar-refractivity contribution < 1.29 is 9.45 Å². The Balaban J connectivity index is 2.38. The van der Waals surface area contributed by atoms with Crippen molar-refractivity contribution in [1.82, 2.24) is 5.16 Å². The van der Waals surface area contributed by atoms with Gasteiger partial charge in [-0.1, -0.05) is 17.3 Å². The van der Waals surface area contributed by atoms with Crippen LogP contribution in [0.25, 0.3) is 0 Å². The Kier molecular flexibility index (Phi) is 3.13. The Morgan fingerprint density at radius 2 is 2.00 bits per heavy atom. The van der Waals surface area contributed by atoms with Crippen molar-refractivity contribution in [1.29, 1.82) is 0 Å². The molecular formula is C11H10N4O3. The average molecular weight is 246 g/mol. The largest absolute Gasteiger partial charge is 0.359 e. The maximum absolute atomic E-state index is 10.8. The lowest BCUT2D eigenvalue weighted by molar-refractivity contribution is -0.384. The first-order chi connectivity index (χ1) is 8.59. The van der Waals surface area contributed by atoms with E-state index in [0.29, 0.717) is 17.1 Å². The zero-order valence-electron chi connectivity index (χ0n) is 9.82. The standard InChI is InChI=1S/C11H10N4O3/c1-7-11(8(2)18-14-7)13-12-9-5-3-4-6-10(9)15(16)17/h3-6H,1-2H3. The van der Waals surface area contributed by atoms with E-state index in [0.717, 1.165) is 0 Å². The Labute approximate surface area is 102 Å². The molecule has 1 aromatic carbocycles. The van der Waals surface area contributed by atoms with Gasteiger partial charge in [0.2, 0.25) is 0 Å². The summed E-state index contributed by atoms with van der Waals surface area (Å²) < 4.78 is 4.92. The molecule has 18 heavy (non-hydrogen) atoms. The summed E-state index contributed by atoms with van der Waals surface area (Å²) in [6.07, 6.45) is 0. The summed E-state index contributed by atoms with van der Waals surface area (Å²) in [5.41, 5.74) is 1.19. The maximum atomic E-state index is 10.8. The molecule has 0 atom stereocenters. The molecule has 92 valence electrons. The average Bonchev–Trinajstić information content (AvgIpc) is 2.67. The van der Waals surface area contributed by atoms with Crippen molar-refractivity contribution in [3.63, 3.8) is 0 Å². The summed E-state index contributed by atoms with van der Waals surface area (Å²) in [6, 6.07) is 6.14. The number of rotatable bonds is 3. The fourth-order valence-corrected chi connectivity index (χ4v) is 1.43. The molecule has 2 rings (SSSR count). The SMILES string of the molecule is Cc1noc(C)c1N=Nc1ccccc1[N+](=O)[O-]. The molecule has 0 saturated heterocycles. The van der Waals surface area contributed by atoms with Crippen LogP contribution in [0.5, 0.6) is 0 Å². The van der Waals surface area contributed by atoms with Gasteiger partial charge in [-0.2, -0.15) is 0 Å². The van der Waals surface area contributed by atoms with Gasteiger partial charge in [0.05, 0.1) is 4.92 Å². The summed E-state index contributed by atoms with van der Waals surface area (Å²) in [5.74, 6) is 0.523. The first-order valence-electron chi connectivity index (χ1n) is 5.17. The third-order valence-corrected chi connectivity index (χ3v) is 2.33. The van der Waals surface area contributed by atoms with Crippen molar-refractivity contribution in [2.24, 2.45) is 10.2 Å². The van der Waals surface area contributed by atoms with Gasteiger partial charge in [-0.15, -0.1) is 10.2 Å². The fraction of sp³-hybridized carbons (Fsp3) is 0.182. The molecule has 0 N–H and O–H groups in total. The lowest BCUT2D eigenvalue weighted by Gasteiger charge is -1.94. The third kappa shape index (κ3) is 2.24. The van der Waals surface area contributed by atoms with Crippen LogP contribution in [-0.2, 0) is 0 Å². The summed E-state index contributed by atoms with van der Waals surface area (Å²) in [4.78, 5) is 10.3. The highest BCUT2D eigenvalue weighted by Gasteiger charge is 2.13. The number of para-hydroxylation sites is 1. The first-order valence-corrected chi connectivity index (χ1v) is 5.17. The number of aryl methyl sites for hydroxylation is 2. The zero-order valence-corrected chi connectivity index (χ0v) is 9.82. The molecule has 0 aliphatic carbocycles. The van der Waals surface area contributed by atoms with Gasteiger partial charge in [-0.3, -0.25) is 10.1 Å². The quantitative estimate of drug-likeness (QED) is 0.469. The van der Waals surface area contributed by atoms with Crippen molar-refractivity contribution >= 4 is 17.1 Å². The molecule has 2 aromatic rings. The third-order valence-electron chi connectivity index (χ3n) is 2.33. The van der Waals surface area contributed by atoms with Gasteiger partial charge < -0.3 is 4.52 Å². The molecule has 7 nitrogen and oxygen atoms in total. The molecule has 0 radical (unpaired) electrons. The number of nitro benzene ring substituents is 1. The molecule has 0 spiro atoms. The summed E-state index contributed by atoms with van der Waals surface area (Å²) >= 11 is 0. The second-order valence-corrected chi connectivity index (χ2v) is 3.62. The van der Waals surface area contributed by atoms with E-state index in [1.807, 2.05) is 0 Å². The van der Waals surface area contributed by atoms with Crippen LogP contribution >= 0.6 is 0 Å². The monoisotopic (exact) mass is 246 g/mol. The van der Waals surface area contributed by atoms with E-state index >= 15 is 0 Å². The van der Waals surface area contributed by atoms with Gasteiger partial charge in [0.25, 0.3) is 5.69 Å². The Bertz CT molecular complexity index is 599.